The molecule has 0 radical (unpaired) electrons. The van der Waals surface area contributed by atoms with Crippen molar-refractivity contribution in [3.63, 3.8) is 0 Å². The predicted molar refractivity (Wildman–Crippen MR) is 109 cm³/mol. The summed E-state index contributed by atoms with van der Waals surface area (Å²) in [6, 6.07) is 7.82. The molecule has 2 N–H and O–H groups in total. The van der Waals surface area contributed by atoms with Gasteiger partial charge in [-0.2, -0.15) is 0 Å². The van der Waals surface area contributed by atoms with E-state index in [4.69, 9.17) is 4.74 Å². The highest BCUT2D eigenvalue weighted by molar-refractivity contribution is 5.93. The molecule has 7 heteroatoms. The van der Waals surface area contributed by atoms with Gasteiger partial charge in [-0.15, -0.1) is 0 Å². The van der Waals surface area contributed by atoms with Crippen LogP contribution >= 0.6 is 0 Å². The normalized spacial score (nSPS) is 11.1. The smallest absolute Gasteiger partial charge is 0.262 e. The molecule has 3 aromatic rings. The lowest BCUT2D eigenvalue weighted by molar-refractivity contribution is 0.186. The van der Waals surface area contributed by atoms with Crippen LogP contribution in [0.25, 0.3) is 10.8 Å². The third kappa shape index (κ3) is 4.43. The summed E-state index contributed by atoms with van der Waals surface area (Å²) in [4.78, 5) is 21.9. The zero-order valence-electron chi connectivity index (χ0n) is 16.1. The van der Waals surface area contributed by atoms with E-state index in [1.165, 1.54) is 0 Å². The Morgan fingerprint density at radius 3 is 2.74 bits per heavy atom. The van der Waals surface area contributed by atoms with Crippen LogP contribution in [0.2, 0.25) is 0 Å². The van der Waals surface area contributed by atoms with Crippen LogP contribution in [0.1, 0.15) is 19.4 Å². The second-order valence-corrected chi connectivity index (χ2v) is 6.77. The van der Waals surface area contributed by atoms with Gasteiger partial charge in [0.1, 0.15) is 17.5 Å². The average molecular weight is 367 g/mol. The van der Waals surface area contributed by atoms with E-state index in [-0.39, 0.29) is 11.6 Å². The van der Waals surface area contributed by atoms with Crippen molar-refractivity contribution in [2.24, 2.45) is 0 Å². The Bertz CT molecular complexity index is 997. The largest absolute Gasteiger partial charge is 0.383 e. The first-order valence-electron chi connectivity index (χ1n) is 8.97. The number of nitrogens with one attached hydrogen (secondary N) is 2. The molecule has 0 aliphatic heterocycles. The number of rotatable bonds is 7. The summed E-state index contributed by atoms with van der Waals surface area (Å²) in [7, 11) is 1.62. The fourth-order valence-electron chi connectivity index (χ4n) is 2.85. The molecule has 0 unspecified atom stereocenters. The SMILES string of the molecule is COCCn1ccc2cc(Nc3cc(C)ccn3)nc(NC(C)C)c2c1=O. The summed E-state index contributed by atoms with van der Waals surface area (Å²) in [5.74, 6) is 1.91. The highest BCUT2D eigenvalue weighted by Gasteiger charge is 2.13. The molecule has 0 fully saturated rings. The number of aryl methyl sites for hydroxylation is 1. The van der Waals surface area contributed by atoms with E-state index in [1.54, 1.807) is 24.1 Å². The Labute approximate surface area is 158 Å². The molecule has 0 saturated heterocycles. The highest BCUT2D eigenvalue weighted by Crippen LogP contribution is 2.24. The fraction of sp³-hybridized carbons (Fsp3) is 0.350. The molecule has 3 rings (SSSR count). The van der Waals surface area contributed by atoms with Crippen LogP contribution in [-0.2, 0) is 11.3 Å². The maximum absolute atomic E-state index is 12.9. The van der Waals surface area contributed by atoms with Gasteiger partial charge in [0.15, 0.2) is 0 Å². The molecule has 0 atom stereocenters. The summed E-state index contributed by atoms with van der Waals surface area (Å²) in [6.07, 6.45) is 3.54. The minimum Gasteiger partial charge on any atom is -0.383 e. The van der Waals surface area contributed by atoms with Gasteiger partial charge in [-0.05, 0) is 56.0 Å². The van der Waals surface area contributed by atoms with Crippen LogP contribution in [0, 0.1) is 6.92 Å². The molecule has 7 nitrogen and oxygen atoms in total. The van der Waals surface area contributed by atoms with Gasteiger partial charge in [0.25, 0.3) is 5.56 Å². The number of anilines is 3. The van der Waals surface area contributed by atoms with Crippen molar-refractivity contribution in [2.45, 2.75) is 33.4 Å². The van der Waals surface area contributed by atoms with Crippen molar-refractivity contribution >= 4 is 28.2 Å². The third-order valence-electron chi connectivity index (χ3n) is 4.09. The Morgan fingerprint density at radius 2 is 2.04 bits per heavy atom. The topological polar surface area (TPSA) is 81.1 Å². The lowest BCUT2D eigenvalue weighted by Crippen LogP contribution is -2.24. The van der Waals surface area contributed by atoms with Crippen LogP contribution < -0.4 is 16.2 Å². The summed E-state index contributed by atoms with van der Waals surface area (Å²) in [5.41, 5.74) is 1.02. The summed E-state index contributed by atoms with van der Waals surface area (Å²) < 4.78 is 6.74. The molecule has 0 saturated carbocycles. The number of pyridine rings is 3. The van der Waals surface area contributed by atoms with E-state index in [0.29, 0.717) is 36.0 Å². The van der Waals surface area contributed by atoms with Gasteiger partial charge < -0.3 is 19.9 Å². The fourth-order valence-corrected chi connectivity index (χ4v) is 2.85. The van der Waals surface area contributed by atoms with E-state index in [1.807, 2.05) is 45.0 Å². The molecule has 3 aromatic heterocycles. The molecule has 0 bridgehead atoms. The lowest BCUT2D eigenvalue weighted by Gasteiger charge is -2.15. The maximum Gasteiger partial charge on any atom is 0.262 e. The van der Waals surface area contributed by atoms with Gasteiger partial charge in [0.2, 0.25) is 0 Å². The standard InChI is InChI=1S/C20H25N5O2/c1-13(2)22-19-18-15(6-8-25(20(18)26)9-10-27-4)12-17(24-19)23-16-11-14(3)5-7-21-16/h5-8,11-13H,9-10H2,1-4H3,(H2,21,22,23,24). The van der Waals surface area contributed by atoms with Crippen molar-refractivity contribution in [1.82, 2.24) is 14.5 Å². The molecular formula is C20H25N5O2. The second-order valence-electron chi connectivity index (χ2n) is 6.77. The van der Waals surface area contributed by atoms with Gasteiger partial charge in [-0.3, -0.25) is 4.79 Å². The average Bonchev–Trinajstić information content (AvgIpc) is 2.60. The summed E-state index contributed by atoms with van der Waals surface area (Å²) in [5, 5.41) is 7.92. The van der Waals surface area contributed by atoms with Gasteiger partial charge in [0, 0.05) is 32.1 Å². The summed E-state index contributed by atoms with van der Waals surface area (Å²) >= 11 is 0. The van der Waals surface area contributed by atoms with Crippen LogP contribution in [0.3, 0.4) is 0 Å². The zero-order valence-corrected chi connectivity index (χ0v) is 16.1. The van der Waals surface area contributed by atoms with E-state index < -0.39 is 0 Å². The van der Waals surface area contributed by atoms with E-state index >= 15 is 0 Å². The molecule has 0 aromatic carbocycles. The molecule has 27 heavy (non-hydrogen) atoms. The number of fused-ring (bicyclic) bond motifs is 1. The highest BCUT2D eigenvalue weighted by atomic mass is 16.5. The Kier molecular flexibility index (Phi) is 5.71. The number of nitrogens with zero attached hydrogens (tertiary/aromatic N) is 3. The number of methoxy groups -OCH3 is 1. The number of ether oxygens (including phenoxy) is 1. The molecule has 142 valence electrons. The molecular weight excluding hydrogens is 342 g/mol. The maximum atomic E-state index is 12.9. The van der Waals surface area contributed by atoms with Crippen molar-refractivity contribution in [1.29, 1.82) is 0 Å². The molecule has 0 amide bonds. The number of hydrogen-bond acceptors (Lipinski definition) is 6. The Morgan fingerprint density at radius 1 is 1.22 bits per heavy atom. The van der Waals surface area contributed by atoms with Crippen LogP contribution in [0.5, 0.6) is 0 Å². The van der Waals surface area contributed by atoms with Crippen molar-refractivity contribution < 1.29 is 4.74 Å². The monoisotopic (exact) mass is 367 g/mol. The molecule has 3 heterocycles. The second kappa shape index (κ2) is 8.18. The number of hydrogen-bond donors (Lipinski definition) is 2. The van der Waals surface area contributed by atoms with Gasteiger partial charge >= 0.3 is 0 Å². The zero-order chi connectivity index (χ0) is 19.4. The van der Waals surface area contributed by atoms with Crippen LogP contribution in [-0.4, -0.2) is 34.3 Å². The van der Waals surface area contributed by atoms with E-state index in [2.05, 4.69) is 20.6 Å². The minimum absolute atomic E-state index is 0.0829. The Hall–Kier alpha value is -2.93. The van der Waals surface area contributed by atoms with Crippen molar-refractivity contribution in [3.8, 4) is 0 Å². The minimum atomic E-state index is -0.0829. The van der Waals surface area contributed by atoms with Gasteiger partial charge in [-0.25, -0.2) is 9.97 Å². The van der Waals surface area contributed by atoms with Crippen LogP contribution in [0.4, 0.5) is 17.5 Å². The first-order valence-corrected chi connectivity index (χ1v) is 8.97. The summed E-state index contributed by atoms with van der Waals surface area (Å²) in [6.45, 7) is 7.02. The first kappa shape index (κ1) is 18.8. The number of aromatic nitrogens is 3. The van der Waals surface area contributed by atoms with Gasteiger partial charge in [0.05, 0.1) is 12.0 Å². The lowest BCUT2D eigenvalue weighted by atomic mass is 10.2. The van der Waals surface area contributed by atoms with Crippen LogP contribution in [0.15, 0.2) is 41.5 Å². The van der Waals surface area contributed by atoms with E-state index in [9.17, 15) is 4.79 Å². The van der Waals surface area contributed by atoms with E-state index in [0.717, 1.165) is 10.9 Å². The quantitative estimate of drug-likeness (QED) is 0.667. The molecule has 0 aliphatic carbocycles. The molecule has 0 spiro atoms. The van der Waals surface area contributed by atoms with Crippen molar-refractivity contribution in [2.75, 3.05) is 24.4 Å². The Balaban J connectivity index is 2.08. The third-order valence-corrected chi connectivity index (χ3v) is 4.09. The van der Waals surface area contributed by atoms with Crippen molar-refractivity contribution in [3.05, 3.63) is 52.6 Å². The predicted octanol–water partition coefficient (Wildman–Crippen LogP) is 3.31. The first-order chi connectivity index (χ1) is 13.0. The molecule has 0 aliphatic rings. The van der Waals surface area contributed by atoms with Gasteiger partial charge in [-0.1, -0.05) is 0 Å².